The molecule has 0 aromatic heterocycles. The lowest BCUT2D eigenvalue weighted by atomic mass is 10.2. The summed E-state index contributed by atoms with van der Waals surface area (Å²) >= 11 is 0. The summed E-state index contributed by atoms with van der Waals surface area (Å²) in [6, 6.07) is 7.82. The average Bonchev–Trinajstić information content (AvgIpc) is 2.16. The molecule has 1 aromatic carbocycles. The monoisotopic (exact) mass is 205 g/mol. The Morgan fingerprint density at radius 1 is 1.33 bits per heavy atom. The Balaban J connectivity index is 2.40. The van der Waals surface area contributed by atoms with E-state index in [0.29, 0.717) is 5.71 Å². The molecule has 1 aromatic rings. The van der Waals surface area contributed by atoms with Gasteiger partial charge in [0.25, 0.3) is 0 Å². The van der Waals surface area contributed by atoms with Crippen LogP contribution in [0.15, 0.2) is 24.3 Å². The molecule has 3 heteroatoms. The van der Waals surface area contributed by atoms with E-state index in [1.807, 2.05) is 31.2 Å². The van der Waals surface area contributed by atoms with Crippen molar-refractivity contribution >= 4 is 11.7 Å². The molecule has 0 radical (unpaired) electrons. The summed E-state index contributed by atoms with van der Waals surface area (Å²) in [6.45, 7) is 3.88. The molecule has 0 aliphatic heterocycles. The van der Waals surface area contributed by atoms with E-state index in [-0.39, 0.29) is 19.0 Å². The van der Waals surface area contributed by atoms with Gasteiger partial charge >= 0.3 is 5.97 Å². The minimum absolute atomic E-state index is 0.0753. The molecular weight excluding hydrogens is 190 g/mol. The van der Waals surface area contributed by atoms with Gasteiger partial charge in [-0.1, -0.05) is 29.8 Å². The Morgan fingerprint density at radius 2 is 1.93 bits per heavy atom. The van der Waals surface area contributed by atoms with Gasteiger partial charge in [0.05, 0.1) is 6.42 Å². The van der Waals surface area contributed by atoms with Crippen LogP contribution in [0.25, 0.3) is 0 Å². The van der Waals surface area contributed by atoms with Gasteiger partial charge in [0, 0.05) is 5.71 Å². The third-order valence-electron chi connectivity index (χ3n) is 1.93. The van der Waals surface area contributed by atoms with Gasteiger partial charge in [0.1, 0.15) is 6.61 Å². The second kappa shape index (κ2) is 5.29. The standard InChI is InChI=1S/C12H15NO2/c1-9-3-5-11(6-4-9)8-15-12(14)7-10(2)13/h3-6,13H,7-8H2,1-2H3. The molecular formula is C12H15NO2. The van der Waals surface area contributed by atoms with Crippen LogP contribution >= 0.6 is 0 Å². The highest BCUT2D eigenvalue weighted by Gasteiger charge is 2.03. The molecule has 15 heavy (non-hydrogen) atoms. The zero-order valence-corrected chi connectivity index (χ0v) is 9.04. The zero-order valence-electron chi connectivity index (χ0n) is 9.04. The van der Waals surface area contributed by atoms with Gasteiger partial charge in [-0.25, -0.2) is 0 Å². The number of benzene rings is 1. The minimum atomic E-state index is -0.344. The molecule has 0 amide bonds. The smallest absolute Gasteiger partial charge is 0.311 e. The first-order chi connectivity index (χ1) is 7.08. The lowest BCUT2D eigenvalue weighted by Gasteiger charge is -2.04. The predicted octanol–water partition coefficient (Wildman–Crippen LogP) is 2.47. The van der Waals surface area contributed by atoms with E-state index in [0.717, 1.165) is 5.56 Å². The largest absolute Gasteiger partial charge is 0.461 e. The number of esters is 1. The molecule has 1 rings (SSSR count). The fraction of sp³-hybridized carbons (Fsp3) is 0.333. The van der Waals surface area contributed by atoms with Gasteiger partial charge in [0.15, 0.2) is 0 Å². The van der Waals surface area contributed by atoms with Crippen LogP contribution in [-0.4, -0.2) is 11.7 Å². The minimum Gasteiger partial charge on any atom is -0.461 e. The van der Waals surface area contributed by atoms with E-state index in [4.69, 9.17) is 10.1 Å². The number of rotatable bonds is 4. The number of hydrogen-bond donors (Lipinski definition) is 1. The first-order valence-electron chi connectivity index (χ1n) is 4.83. The van der Waals surface area contributed by atoms with E-state index in [2.05, 4.69) is 0 Å². The molecule has 0 atom stereocenters. The summed E-state index contributed by atoms with van der Waals surface area (Å²) in [5.41, 5.74) is 2.47. The van der Waals surface area contributed by atoms with Gasteiger partial charge in [-0.3, -0.25) is 4.79 Å². The number of ether oxygens (including phenoxy) is 1. The van der Waals surface area contributed by atoms with Crippen LogP contribution in [-0.2, 0) is 16.1 Å². The van der Waals surface area contributed by atoms with Crippen molar-refractivity contribution in [3.8, 4) is 0 Å². The van der Waals surface area contributed by atoms with E-state index in [1.165, 1.54) is 5.56 Å². The third-order valence-corrected chi connectivity index (χ3v) is 1.93. The van der Waals surface area contributed by atoms with Crippen LogP contribution < -0.4 is 0 Å². The van der Waals surface area contributed by atoms with Crippen LogP contribution in [0, 0.1) is 12.3 Å². The summed E-state index contributed by atoms with van der Waals surface area (Å²) in [5.74, 6) is -0.344. The summed E-state index contributed by atoms with van der Waals surface area (Å²) in [6.07, 6.45) is 0.0753. The maximum Gasteiger partial charge on any atom is 0.311 e. The Labute approximate surface area is 89.6 Å². The number of carbonyl (C=O) groups is 1. The van der Waals surface area contributed by atoms with Crippen molar-refractivity contribution in [3.05, 3.63) is 35.4 Å². The first-order valence-corrected chi connectivity index (χ1v) is 4.83. The lowest BCUT2D eigenvalue weighted by molar-refractivity contribution is -0.143. The molecule has 0 spiro atoms. The summed E-state index contributed by atoms with van der Waals surface area (Å²) in [5, 5.41) is 7.14. The van der Waals surface area contributed by atoms with Crippen molar-refractivity contribution in [1.82, 2.24) is 0 Å². The molecule has 0 bridgehead atoms. The van der Waals surface area contributed by atoms with Crippen LogP contribution in [0.1, 0.15) is 24.5 Å². The molecule has 80 valence electrons. The third kappa shape index (κ3) is 4.40. The molecule has 0 saturated heterocycles. The van der Waals surface area contributed by atoms with Crippen molar-refractivity contribution < 1.29 is 9.53 Å². The maximum absolute atomic E-state index is 11.1. The van der Waals surface area contributed by atoms with Crippen LogP contribution in [0.3, 0.4) is 0 Å². The Bertz CT molecular complexity index is 354. The molecule has 3 nitrogen and oxygen atoms in total. The Morgan fingerprint density at radius 3 is 2.47 bits per heavy atom. The highest BCUT2D eigenvalue weighted by molar-refractivity contribution is 5.95. The topological polar surface area (TPSA) is 50.2 Å². The number of carbonyl (C=O) groups excluding carboxylic acids is 1. The van der Waals surface area contributed by atoms with Crippen molar-refractivity contribution in [2.24, 2.45) is 0 Å². The zero-order chi connectivity index (χ0) is 11.3. The molecule has 1 N–H and O–H groups in total. The number of hydrogen-bond acceptors (Lipinski definition) is 3. The normalized spacial score (nSPS) is 9.73. The second-order valence-electron chi connectivity index (χ2n) is 3.60. The number of nitrogens with one attached hydrogen (secondary N) is 1. The molecule has 0 fully saturated rings. The van der Waals surface area contributed by atoms with E-state index < -0.39 is 0 Å². The molecule has 0 saturated carbocycles. The fourth-order valence-corrected chi connectivity index (χ4v) is 1.12. The van der Waals surface area contributed by atoms with Crippen molar-refractivity contribution in [3.63, 3.8) is 0 Å². The summed E-state index contributed by atoms with van der Waals surface area (Å²) < 4.78 is 5.00. The summed E-state index contributed by atoms with van der Waals surface area (Å²) in [4.78, 5) is 11.1. The van der Waals surface area contributed by atoms with Crippen LogP contribution in [0.2, 0.25) is 0 Å². The highest BCUT2D eigenvalue weighted by Crippen LogP contribution is 2.05. The van der Waals surface area contributed by atoms with Crippen molar-refractivity contribution in [1.29, 1.82) is 5.41 Å². The average molecular weight is 205 g/mol. The van der Waals surface area contributed by atoms with Gasteiger partial charge in [-0.05, 0) is 19.4 Å². The van der Waals surface area contributed by atoms with Crippen LogP contribution in [0.5, 0.6) is 0 Å². The van der Waals surface area contributed by atoms with Crippen LogP contribution in [0.4, 0.5) is 0 Å². The highest BCUT2D eigenvalue weighted by atomic mass is 16.5. The Kier molecular flexibility index (Phi) is 4.03. The summed E-state index contributed by atoms with van der Waals surface area (Å²) in [7, 11) is 0. The van der Waals surface area contributed by atoms with E-state index in [1.54, 1.807) is 6.92 Å². The second-order valence-corrected chi connectivity index (χ2v) is 3.60. The molecule has 0 aliphatic rings. The van der Waals surface area contributed by atoms with Gasteiger partial charge in [0.2, 0.25) is 0 Å². The molecule has 0 unspecified atom stereocenters. The lowest BCUT2D eigenvalue weighted by Crippen LogP contribution is -2.08. The fourth-order valence-electron chi connectivity index (χ4n) is 1.12. The van der Waals surface area contributed by atoms with Crippen molar-refractivity contribution in [2.75, 3.05) is 0 Å². The quantitative estimate of drug-likeness (QED) is 0.606. The number of aryl methyl sites for hydroxylation is 1. The van der Waals surface area contributed by atoms with Gasteiger partial charge in [-0.2, -0.15) is 0 Å². The molecule has 0 heterocycles. The SMILES string of the molecule is CC(=N)CC(=O)OCc1ccc(C)cc1. The van der Waals surface area contributed by atoms with E-state index in [9.17, 15) is 4.79 Å². The first kappa shape index (κ1) is 11.4. The maximum atomic E-state index is 11.1. The van der Waals surface area contributed by atoms with E-state index >= 15 is 0 Å². The van der Waals surface area contributed by atoms with Gasteiger partial charge < -0.3 is 10.1 Å². The van der Waals surface area contributed by atoms with Gasteiger partial charge in [-0.15, -0.1) is 0 Å². The predicted molar refractivity (Wildman–Crippen MR) is 59.0 cm³/mol. The molecule has 0 aliphatic carbocycles. The van der Waals surface area contributed by atoms with Crippen molar-refractivity contribution in [2.45, 2.75) is 26.9 Å². The Hall–Kier alpha value is -1.64.